The maximum atomic E-state index is 11.1. The van der Waals surface area contributed by atoms with Gasteiger partial charge in [0.1, 0.15) is 18.9 Å². The lowest BCUT2D eigenvalue weighted by Gasteiger charge is -2.22. The number of nitrogens with zero attached hydrogens (tertiary/aromatic N) is 1. The highest BCUT2D eigenvalue weighted by Crippen LogP contribution is 2.46. The molecule has 2 N–H and O–H groups in total. The topological polar surface area (TPSA) is 87.6 Å². The second kappa shape index (κ2) is 4.58. The number of fused-ring (bicyclic) bond motifs is 1. The van der Waals surface area contributed by atoms with Gasteiger partial charge in [-0.05, 0) is 22.0 Å². The average molecular weight is 325 g/mol. The van der Waals surface area contributed by atoms with E-state index in [0.29, 0.717) is 46.0 Å². The predicted molar refractivity (Wildman–Crippen MR) is 70.4 cm³/mol. The fraction of sp³-hybridized carbons (Fsp3) is 0.167. The van der Waals surface area contributed by atoms with Crippen LogP contribution < -0.4 is 15.2 Å². The zero-order chi connectivity index (χ0) is 13.4. The summed E-state index contributed by atoms with van der Waals surface area (Å²) in [5.74, 6) is 1.09. The molecule has 0 unspecified atom stereocenters. The van der Waals surface area contributed by atoms with E-state index in [2.05, 4.69) is 21.1 Å². The van der Waals surface area contributed by atoms with E-state index in [0.717, 1.165) is 6.29 Å². The Morgan fingerprint density at radius 3 is 2.63 bits per heavy atom. The summed E-state index contributed by atoms with van der Waals surface area (Å²) in [5, 5.41) is 3.86. The maximum absolute atomic E-state index is 11.1. The van der Waals surface area contributed by atoms with Crippen LogP contribution in [0.2, 0.25) is 0 Å². The van der Waals surface area contributed by atoms with Crippen LogP contribution in [-0.2, 0) is 0 Å². The third-order valence-corrected chi connectivity index (χ3v) is 3.33. The Bertz CT molecular complexity index is 653. The van der Waals surface area contributed by atoms with Gasteiger partial charge in [0.25, 0.3) is 0 Å². The van der Waals surface area contributed by atoms with Gasteiger partial charge in [-0.15, -0.1) is 0 Å². The molecule has 0 atom stereocenters. The number of carbonyl (C=O) groups is 1. The summed E-state index contributed by atoms with van der Waals surface area (Å²) in [6, 6.07) is 3.24. The number of anilines is 1. The zero-order valence-electron chi connectivity index (χ0n) is 9.68. The van der Waals surface area contributed by atoms with Gasteiger partial charge in [0.2, 0.25) is 5.88 Å². The summed E-state index contributed by atoms with van der Waals surface area (Å²) >= 11 is 3.40. The molecule has 0 radical (unpaired) electrons. The molecular weight excluding hydrogens is 316 g/mol. The fourth-order valence-corrected chi connectivity index (χ4v) is 2.56. The van der Waals surface area contributed by atoms with Crippen molar-refractivity contribution in [2.24, 2.45) is 0 Å². The minimum absolute atomic E-state index is 0.201. The van der Waals surface area contributed by atoms with Crippen molar-refractivity contribution in [3.63, 3.8) is 0 Å². The van der Waals surface area contributed by atoms with Gasteiger partial charge >= 0.3 is 0 Å². The van der Waals surface area contributed by atoms with E-state index in [9.17, 15) is 4.79 Å². The molecule has 3 rings (SSSR count). The molecule has 19 heavy (non-hydrogen) atoms. The number of nitrogen functional groups attached to an aromatic ring is 1. The van der Waals surface area contributed by atoms with E-state index in [4.69, 9.17) is 19.7 Å². The van der Waals surface area contributed by atoms with Crippen LogP contribution in [0.15, 0.2) is 21.1 Å². The van der Waals surface area contributed by atoms with E-state index in [1.807, 2.05) is 0 Å². The first kappa shape index (κ1) is 12.0. The van der Waals surface area contributed by atoms with Crippen molar-refractivity contribution < 1.29 is 18.8 Å². The minimum Gasteiger partial charge on any atom is -0.485 e. The van der Waals surface area contributed by atoms with Gasteiger partial charge in [0.15, 0.2) is 17.8 Å². The molecule has 0 bridgehead atoms. The number of aromatic nitrogens is 1. The second-order valence-electron chi connectivity index (χ2n) is 3.91. The molecule has 1 aromatic heterocycles. The van der Waals surface area contributed by atoms with Crippen LogP contribution in [0.3, 0.4) is 0 Å². The lowest BCUT2D eigenvalue weighted by Crippen LogP contribution is -2.17. The van der Waals surface area contributed by atoms with Crippen LogP contribution in [0.25, 0.3) is 11.3 Å². The molecule has 6 nitrogen and oxygen atoms in total. The fourth-order valence-electron chi connectivity index (χ4n) is 1.93. The molecule has 0 spiro atoms. The molecule has 7 heteroatoms. The van der Waals surface area contributed by atoms with Crippen LogP contribution in [0.5, 0.6) is 11.5 Å². The Balaban J connectivity index is 2.27. The van der Waals surface area contributed by atoms with E-state index in [1.165, 1.54) is 0 Å². The summed E-state index contributed by atoms with van der Waals surface area (Å²) in [7, 11) is 0. The normalized spacial score (nSPS) is 13.3. The maximum Gasteiger partial charge on any atom is 0.222 e. The van der Waals surface area contributed by atoms with Gasteiger partial charge in [0, 0.05) is 10.5 Å². The summed E-state index contributed by atoms with van der Waals surface area (Å²) < 4.78 is 16.6. The number of halogens is 1. The van der Waals surface area contributed by atoms with Crippen LogP contribution in [-0.4, -0.2) is 24.7 Å². The first-order valence-corrected chi connectivity index (χ1v) is 6.30. The zero-order valence-corrected chi connectivity index (χ0v) is 11.3. The van der Waals surface area contributed by atoms with Crippen molar-refractivity contribution in [1.29, 1.82) is 0 Å². The number of nitrogens with two attached hydrogens (primary N) is 1. The number of carbonyl (C=O) groups excluding carboxylic acids is 1. The molecule has 98 valence electrons. The molecule has 0 fully saturated rings. The molecule has 0 aliphatic carbocycles. The summed E-state index contributed by atoms with van der Waals surface area (Å²) in [4.78, 5) is 11.1. The van der Waals surface area contributed by atoms with Crippen molar-refractivity contribution in [2.75, 3.05) is 18.9 Å². The summed E-state index contributed by atoms with van der Waals surface area (Å²) in [5.41, 5.74) is 7.11. The van der Waals surface area contributed by atoms with Gasteiger partial charge in [-0.2, -0.15) is 0 Å². The minimum atomic E-state index is 0.201. The average Bonchev–Trinajstić information content (AvgIpc) is 2.84. The van der Waals surface area contributed by atoms with Gasteiger partial charge in [-0.25, -0.2) is 0 Å². The number of benzene rings is 1. The monoisotopic (exact) mass is 324 g/mol. The van der Waals surface area contributed by atoms with Crippen molar-refractivity contribution in [1.82, 2.24) is 5.16 Å². The Morgan fingerprint density at radius 2 is 2.00 bits per heavy atom. The van der Waals surface area contributed by atoms with Crippen molar-refractivity contribution in [2.45, 2.75) is 0 Å². The van der Waals surface area contributed by atoms with Gasteiger partial charge in [-0.3, -0.25) is 4.79 Å². The van der Waals surface area contributed by atoms with Gasteiger partial charge in [0.05, 0.1) is 11.1 Å². The molecule has 0 amide bonds. The Labute approximate surface area is 116 Å². The molecular formula is C12H9BrN2O4. The lowest BCUT2D eigenvalue weighted by molar-refractivity contribution is 0.111. The van der Waals surface area contributed by atoms with Crippen LogP contribution in [0, 0.1) is 0 Å². The number of rotatable bonds is 2. The SMILES string of the molecule is Nc1cc(-c2c(Br)cc(C=O)c3c2OCCO3)no1. The predicted octanol–water partition coefficient (Wildman–Crippen LogP) is 2.27. The number of hydrogen-bond donors (Lipinski definition) is 1. The van der Waals surface area contributed by atoms with Crippen LogP contribution >= 0.6 is 15.9 Å². The second-order valence-corrected chi connectivity index (χ2v) is 4.76. The molecule has 2 aromatic rings. The first-order chi connectivity index (χ1) is 9.20. The lowest BCUT2D eigenvalue weighted by atomic mass is 10.1. The molecule has 1 aliphatic rings. The third-order valence-electron chi connectivity index (χ3n) is 2.70. The highest BCUT2D eigenvalue weighted by Gasteiger charge is 2.25. The molecule has 1 aromatic carbocycles. The van der Waals surface area contributed by atoms with Gasteiger partial charge in [-0.1, -0.05) is 5.16 Å². The van der Waals surface area contributed by atoms with E-state index in [-0.39, 0.29) is 5.88 Å². The summed E-state index contributed by atoms with van der Waals surface area (Å²) in [6.45, 7) is 0.804. The van der Waals surface area contributed by atoms with Crippen LogP contribution in [0.4, 0.5) is 5.88 Å². The molecule has 0 saturated carbocycles. The Kier molecular flexibility index (Phi) is 2.90. The number of aldehydes is 1. The van der Waals surface area contributed by atoms with Crippen LogP contribution in [0.1, 0.15) is 10.4 Å². The highest BCUT2D eigenvalue weighted by atomic mass is 79.9. The smallest absolute Gasteiger partial charge is 0.222 e. The third kappa shape index (κ3) is 1.95. The summed E-state index contributed by atoms with van der Waals surface area (Å²) in [6.07, 6.45) is 0.721. The quantitative estimate of drug-likeness (QED) is 0.852. The molecule has 2 heterocycles. The number of hydrogen-bond acceptors (Lipinski definition) is 6. The van der Waals surface area contributed by atoms with E-state index in [1.54, 1.807) is 12.1 Å². The highest BCUT2D eigenvalue weighted by molar-refractivity contribution is 9.10. The largest absolute Gasteiger partial charge is 0.485 e. The molecule has 0 saturated heterocycles. The van der Waals surface area contributed by atoms with E-state index >= 15 is 0 Å². The van der Waals surface area contributed by atoms with Gasteiger partial charge < -0.3 is 19.7 Å². The van der Waals surface area contributed by atoms with E-state index < -0.39 is 0 Å². The van der Waals surface area contributed by atoms with Crippen molar-refractivity contribution >= 4 is 28.1 Å². The Hall–Kier alpha value is -2.02. The van der Waals surface area contributed by atoms with Crippen molar-refractivity contribution in [3.05, 3.63) is 22.2 Å². The standard InChI is InChI=1S/C12H9BrN2O4/c13-7-3-6(5-16)11-12(18-2-1-17-11)10(7)8-4-9(14)19-15-8/h3-5H,1-2,14H2. The molecule has 1 aliphatic heterocycles. The van der Waals surface area contributed by atoms with Crippen molar-refractivity contribution in [3.8, 4) is 22.8 Å². The Morgan fingerprint density at radius 1 is 1.26 bits per heavy atom. The first-order valence-electron chi connectivity index (χ1n) is 5.50. The number of ether oxygens (including phenoxy) is 2.